The first-order valence-corrected chi connectivity index (χ1v) is 12.1. The number of carboxylic acid groups (broad SMARTS) is 1. The molecule has 1 N–H and O–H groups in total. The van der Waals surface area contributed by atoms with Crippen molar-refractivity contribution in [3.05, 3.63) is 75.7 Å². The number of nitrogens with zero attached hydrogens (tertiary/aromatic N) is 1. The van der Waals surface area contributed by atoms with Crippen LogP contribution in [0.1, 0.15) is 41.0 Å². The van der Waals surface area contributed by atoms with Gasteiger partial charge in [0.05, 0.1) is 0 Å². The van der Waals surface area contributed by atoms with E-state index < -0.39 is 18.2 Å². The fourth-order valence-corrected chi connectivity index (χ4v) is 5.31. The summed E-state index contributed by atoms with van der Waals surface area (Å²) in [4.78, 5) is 16.4. The van der Waals surface area contributed by atoms with Gasteiger partial charge >= 0.3 is 5.97 Å². The summed E-state index contributed by atoms with van der Waals surface area (Å²) < 4.78 is 18.5. The first-order valence-electron chi connectivity index (χ1n) is 11.3. The lowest BCUT2D eigenvalue weighted by Crippen LogP contribution is -2.37. The number of fused-ring (bicyclic) bond motifs is 1. The van der Waals surface area contributed by atoms with Crippen LogP contribution in [0.2, 0.25) is 0 Å². The highest BCUT2D eigenvalue weighted by Crippen LogP contribution is 2.33. The number of thiophene rings is 1. The summed E-state index contributed by atoms with van der Waals surface area (Å²) in [5.41, 5.74) is 4.40. The molecule has 174 valence electrons. The Balaban J connectivity index is 1.43. The molecule has 1 aliphatic rings. The van der Waals surface area contributed by atoms with Crippen molar-refractivity contribution >= 4 is 17.3 Å². The van der Waals surface area contributed by atoms with E-state index in [1.165, 1.54) is 26.4 Å². The number of hydrogen-bond acceptors (Lipinski definition) is 4. The molecule has 0 saturated heterocycles. The van der Waals surface area contributed by atoms with E-state index in [4.69, 9.17) is 4.74 Å². The monoisotopic (exact) mass is 467 g/mol. The van der Waals surface area contributed by atoms with E-state index in [1.54, 1.807) is 13.8 Å². The van der Waals surface area contributed by atoms with Crippen LogP contribution in [-0.4, -0.2) is 34.7 Å². The molecule has 2 aromatic carbocycles. The minimum atomic E-state index is -1.26. The topological polar surface area (TPSA) is 49.8 Å². The molecule has 2 heterocycles. The molecule has 4 rings (SSSR count). The number of hydrogen-bond donors (Lipinski definition) is 1. The zero-order valence-corrected chi connectivity index (χ0v) is 20.2. The van der Waals surface area contributed by atoms with Gasteiger partial charge in [0.1, 0.15) is 12.4 Å². The molecule has 3 aromatic rings. The molecule has 0 fully saturated rings. The maximum absolute atomic E-state index is 12.8. The Morgan fingerprint density at radius 1 is 1.09 bits per heavy atom. The highest BCUT2D eigenvalue weighted by atomic mass is 32.1. The Kier molecular flexibility index (Phi) is 6.86. The number of alkyl halides is 1. The molecule has 0 aliphatic carbocycles. The van der Waals surface area contributed by atoms with E-state index in [9.17, 15) is 14.3 Å². The van der Waals surface area contributed by atoms with E-state index in [0.717, 1.165) is 38.0 Å². The van der Waals surface area contributed by atoms with Crippen LogP contribution in [-0.2, 0) is 30.9 Å². The van der Waals surface area contributed by atoms with Crippen LogP contribution in [0.5, 0.6) is 5.75 Å². The third kappa shape index (κ3) is 5.45. The second-order valence-electron chi connectivity index (χ2n) is 9.17. The molecule has 1 aromatic heterocycles. The molecular weight excluding hydrogens is 437 g/mol. The quantitative estimate of drug-likeness (QED) is 0.461. The maximum Gasteiger partial charge on any atom is 0.347 e. The first-order chi connectivity index (χ1) is 15.7. The largest absolute Gasteiger partial charge is 0.478 e. The minimum Gasteiger partial charge on any atom is -0.478 e. The van der Waals surface area contributed by atoms with Gasteiger partial charge in [-0.15, -0.1) is 11.3 Å². The van der Waals surface area contributed by atoms with Crippen molar-refractivity contribution in [3.8, 4) is 16.2 Å². The molecule has 0 unspecified atom stereocenters. The van der Waals surface area contributed by atoms with Crippen LogP contribution in [0.3, 0.4) is 0 Å². The SMILES string of the molecule is Cc1cc(-c2ccc(CF)cc2)sc1CN1CCc2ccc(OC(C)(C)C(=O)O)cc2CC1. The van der Waals surface area contributed by atoms with Crippen LogP contribution in [0, 0.1) is 6.92 Å². The van der Waals surface area contributed by atoms with Crippen molar-refractivity contribution < 1.29 is 19.0 Å². The van der Waals surface area contributed by atoms with Gasteiger partial charge in [-0.1, -0.05) is 30.3 Å². The highest BCUT2D eigenvalue weighted by molar-refractivity contribution is 7.15. The van der Waals surface area contributed by atoms with Crippen LogP contribution in [0.25, 0.3) is 10.4 Å². The predicted molar refractivity (Wildman–Crippen MR) is 131 cm³/mol. The Bertz CT molecular complexity index is 1140. The fourth-order valence-electron chi connectivity index (χ4n) is 4.09. The molecule has 0 radical (unpaired) electrons. The van der Waals surface area contributed by atoms with Gasteiger partial charge in [-0.05, 0) is 79.6 Å². The molecule has 4 nitrogen and oxygen atoms in total. The van der Waals surface area contributed by atoms with E-state index in [2.05, 4.69) is 24.0 Å². The smallest absolute Gasteiger partial charge is 0.347 e. The van der Waals surface area contributed by atoms with Gasteiger partial charge in [-0.25, -0.2) is 9.18 Å². The van der Waals surface area contributed by atoms with Crippen molar-refractivity contribution in [1.29, 1.82) is 0 Å². The van der Waals surface area contributed by atoms with Crippen molar-refractivity contribution in [2.75, 3.05) is 13.1 Å². The van der Waals surface area contributed by atoms with Crippen LogP contribution >= 0.6 is 11.3 Å². The molecule has 0 amide bonds. The normalized spacial score (nSPS) is 14.5. The Morgan fingerprint density at radius 2 is 1.79 bits per heavy atom. The predicted octanol–water partition coefficient (Wildman–Crippen LogP) is 6.04. The third-order valence-electron chi connectivity index (χ3n) is 6.24. The number of halogens is 1. The summed E-state index contributed by atoms with van der Waals surface area (Å²) in [6.07, 6.45) is 1.86. The summed E-state index contributed by atoms with van der Waals surface area (Å²) >= 11 is 1.81. The standard InChI is InChI=1S/C27H30FNO3S/c1-18-14-24(21-6-4-19(16-28)5-7-21)33-25(18)17-29-12-10-20-8-9-23(15-22(20)11-13-29)32-27(2,3)26(30)31/h4-9,14-15H,10-13,16-17H2,1-3H3,(H,30,31). The molecule has 0 bridgehead atoms. The number of ether oxygens (including phenoxy) is 1. The average molecular weight is 468 g/mol. The zero-order chi connectivity index (χ0) is 23.6. The van der Waals surface area contributed by atoms with Crippen LogP contribution in [0.4, 0.5) is 4.39 Å². The summed E-state index contributed by atoms with van der Waals surface area (Å²) in [5, 5.41) is 9.34. The Hall–Kier alpha value is -2.70. The van der Waals surface area contributed by atoms with E-state index in [-0.39, 0.29) is 0 Å². The van der Waals surface area contributed by atoms with Gasteiger partial charge in [-0.2, -0.15) is 0 Å². The highest BCUT2D eigenvalue weighted by Gasteiger charge is 2.29. The van der Waals surface area contributed by atoms with Gasteiger partial charge < -0.3 is 9.84 Å². The van der Waals surface area contributed by atoms with Gasteiger partial charge in [0.25, 0.3) is 0 Å². The lowest BCUT2D eigenvalue weighted by Gasteiger charge is -2.22. The molecule has 0 atom stereocenters. The van der Waals surface area contributed by atoms with E-state index >= 15 is 0 Å². The second kappa shape index (κ2) is 9.65. The third-order valence-corrected chi connectivity index (χ3v) is 7.51. The number of aliphatic carboxylic acids is 1. The van der Waals surface area contributed by atoms with E-state index in [1.807, 2.05) is 47.7 Å². The number of rotatable bonds is 7. The van der Waals surface area contributed by atoms with Gasteiger partial charge in [-0.3, -0.25) is 4.90 Å². The molecule has 1 aliphatic heterocycles. The second-order valence-corrected chi connectivity index (χ2v) is 10.3. The lowest BCUT2D eigenvalue weighted by atomic mass is 10.0. The van der Waals surface area contributed by atoms with Gasteiger partial charge in [0, 0.05) is 29.4 Å². The van der Waals surface area contributed by atoms with E-state index in [0.29, 0.717) is 11.3 Å². The number of carboxylic acids is 1. The molecular formula is C27H30FNO3S. The van der Waals surface area contributed by atoms with Crippen molar-refractivity contribution in [2.24, 2.45) is 0 Å². The number of carbonyl (C=O) groups is 1. The summed E-state index contributed by atoms with van der Waals surface area (Å²) in [6.45, 7) is 7.68. The molecule has 0 saturated carbocycles. The van der Waals surface area contributed by atoms with Crippen molar-refractivity contribution in [3.63, 3.8) is 0 Å². The lowest BCUT2D eigenvalue weighted by molar-refractivity contribution is -0.152. The number of benzene rings is 2. The maximum atomic E-state index is 12.8. The molecule has 6 heteroatoms. The Morgan fingerprint density at radius 3 is 2.45 bits per heavy atom. The fraction of sp³-hybridized carbons (Fsp3) is 0.370. The molecule has 33 heavy (non-hydrogen) atoms. The van der Waals surface area contributed by atoms with Crippen molar-refractivity contribution in [1.82, 2.24) is 4.90 Å². The van der Waals surface area contributed by atoms with Crippen LogP contribution in [0.15, 0.2) is 48.5 Å². The zero-order valence-electron chi connectivity index (χ0n) is 19.4. The first kappa shape index (κ1) is 23.5. The van der Waals surface area contributed by atoms with Crippen molar-refractivity contribution in [2.45, 2.75) is 52.4 Å². The summed E-state index contributed by atoms with van der Waals surface area (Å²) in [7, 11) is 0. The Labute approximate surface area is 198 Å². The summed E-state index contributed by atoms with van der Waals surface area (Å²) in [6, 6.07) is 15.9. The van der Waals surface area contributed by atoms with Gasteiger partial charge in [0.15, 0.2) is 5.60 Å². The summed E-state index contributed by atoms with van der Waals surface area (Å²) in [5.74, 6) is -0.375. The number of aryl methyl sites for hydroxylation is 1. The average Bonchev–Trinajstić information content (AvgIpc) is 3.03. The van der Waals surface area contributed by atoms with Crippen LogP contribution < -0.4 is 4.74 Å². The van der Waals surface area contributed by atoms with Gasteiger partial charge in [0.2, 0.25) is 0 Å². The minimum absolute atomic E-state index is 0.433. The molecule has 0 spiro atoms.